The third kappa shape index (κ3) is 2.53. The van der Waals surface area contributed by atoms with Crippen molar-refractivity contribution in [1.82, 2.24) is 9.55 Å². The largest absolute Gasteiger partial charge is 0.486 e. The molecule has 0 amide bonds. The maximum atomic E-state index is 6.16. The Balaban J connectivity index is 1.75. The highest BCUT2D eigenvalue weighted by atomic mass is 35.5. The van der Waals surface area contributed by atoms with Crippen LogP contribution in [0.15, 0.2) is 24.4 Å². The summed E-state index contributed by atoms with van der Waals surface area (Å²) < 4.78 is 7.61. The van der Waals surface area contributed by atoms with Crippen LogP contribution in [0, 0.1) is 0 Å². The molecule has 1 aromatic carbocycles. The average Bonchev–Trinajstić information content (AvgIpc) is 2.77. The summed E-state index contributed by atoms with van der Waals surface area (Å²) in [7, 11) is 1.87. The lowest BCUT2D eigenvalue weighted by molar-refractivity contribution is 0.291. The van der Waals surface area contributed by atoms with Crippen molar-refractivity contribution in [1.29, 1.82) is 0 Å². The van der Waals surface area contributed by atoms with E-state index in [1.54, 1.807) is 6.20 Å². The van der Waals surface area contributed by atoms with Crippen LogP contribution in [0.25, 0.3) is 0 Å². The van der Waals surface area contributed by atoms with Gasteiger partial charge in [-0.2, -0.15) is 0 Å². The zero-order valence-electron chi connectivity index (χ0n) is 11.5. The fourth-order valence-electron chi connectivity index (χ4n) is 2.61. The highest BCUT2D eigenvalue weighted by Gasteiger charge is 2.17. The minimum atomic E-state index is 0.130. The van der Waals surface area contributed by atoms with E-state index >= 15 is 0 Å². The van der Waals surface area contributed by atoms with Gasteiger partial charge in [0.25, 0.3) is 0 Å². The van der Waals surface area contributed by atoms with E-state index in [9.17, 15) is 0 Å². The Bertz CT molecular complexity index is 624. The first kappa shape index (κ1) is 13.5. The van der Waals surface area contributed by atoms with Crippen LogP contribution in [0.4, 0.5) is 0 Å². The molecule has 0 saturated heterocycles. The summed E-state index contributed by atoms with van der Waals surface area (Å²) in [6.07, 6.45) is 4.95. The van der Waals surface area contributed by atoms with Gasteiger partial charge in [0.15, 0.2) is 0 Å². The number of ether oxygens (including phenoxy) is 1. The standard InChI is InChI=1S/C15H18ClN3O/c1-19-14(16)8-18-15(19)9-20-11-6-5-10-3-2-4-13(17)12(10)7-11/h5-8,13H,2-4,9,17H2,1H3/t13-/m1/s1. The van der Waals surface area contributed by atoms with Crippen LogP contribution < -0.4 is 10.5 Å². The Hall–Kier alpha value is -1.52. The predicted octanol–water partition coefficient (Wildman–Crippen LogP) is 2.99. The van der Waals surface area contributed by atoms with Crippen LogP contribution >= 0.6 is 11.6 Å². The molecular formula is C15H18ClN3O. The minimum absolute atomic E-state index is 0.130. The SMILES string of the molecule is Cn1c(Cl)cnc1COc1ccc2c(c1)[C@H](N)CCC2. The molecule has 1 aromatic heterocycles. The van der Waals surface area contributed by atoms with E-state index in [0.29, 0.717) is 11.8 Å². The second-order valence-corrected chi connectivity index (χ2v) is 5.59. The van der Waals surface area contributed by atoms with Gasteiger partial charge in [-0.05, 0) is 42.5 Å². The molecule has 1 aliphatic rings. The Kier molecular flexibility index (Phi) is 3.68. The molecule has 0 bridgehead atoms. The first-order valence-electron chi connectivity index (χ1n) is 6.82. The van der Waals surface area contributed by atoms with Gasteiger partial charge in [0.1, 0.15) is 23.3 Å². The number of benzene rings is 1. The zero-order valence-corrected chi connectivity index (χ0v) is 12.2. The summed E-state index contributed by atoms with van der Waals surface area (Å²) >= 11 is 5.95. The second-order valence-electron chi connectivity index (χ2n) is 5.20. The Labute approximate surface area is 123 Å². The van der Waals surface area contributed by atoms with Gasteiger partial charge in [0.05, 0.1) is 6.20 Å². The highest BCUT2D eigenvalue weighted by Crippen LogP contribution is 2.31. The van der Waals surface area contributed by atoms with Crippen LogP contribution in [0.5, 0.6) is 5.75 Å². The Morgan fingerprint density at radius 1 is 1.50 bits per heavy atom. The number of aromatic nitrogens is 2. The molecule has 0 spiro atoms. The molecule has 5 heteroatoms. The van der Waals surface area contributed by atoms with Crippen LogP contribution in [0.1, 0.15) is 35.8 Å². The molecule has 0 aliphatic heterocycles. The Morgan fingerprint density at radius 3 is 3.10 bits per heavy atom. The van der Waals surface area contributed by atoms with E-state index in [0.717, 1.165) is 24.4 Å². The Morgan fingerprint density at radius 2 is 2.35 bits per heavy atom. The summed E-state index contributed by atoms with van der Waals surface area (Å²) in [6.45, 7) is 0.400. The minimum Gasteiger partial charge on any atom is -0.486 e. The van der Waals surface area contributed by atoms with Crippen molar-refractivity contribution in [3.8, 4) is 5.75 Å². The van der Waals surface area contributed by atoms with E-state index in [1.165, 1.54) is 17.5 Å². The molecule has 1 heterocycles. The lowest BCUT2D eigenvalue weighted by atomic mass is 9.88. The summed E-state index contributed by atoms with van der Waals surface area (Å²) in [4.78, 5) is 4.21. The molecule has 0 radical (unpaired) electrons. The average molecular weight is 292 g/mol. The third-order valence-electron chi connectivity index (χ3n) is 3.87. The van der Waals surface area contributed by atoms with Crippen molar-refractivity contribution in [3.05, 3.63) is 46.5 Å². The maximum absolute atomic E-state index is 6.16. The normalized spacial score (nSPS) is 17.9. The lowest BCUT2D eigenvalue weighted by Gasteiger charge is -2.22. The van der Waals surface area contributed by atoms with Gasteiger partial charge in [-0.1, -0.05) is 17.7 Å². The summed E-state index contributed by atoms with van der Waals surface area (Å²) in [5.74, 6) is 1.64. The van der Waals surface area contributed by atoms with Crippen molar-refractivity contribution in [2.24, 2.45) is 12.8 Å². The number of nitrogens with two attached hydrogens (primary N) is 1. The third-order valence-corrected chi connectivity index (χ3v) is 4.22. The van der Waals surface area contributed by atoms with E-state index in [4.69, 9.17) is 22.1 Å². The molecule has 106 valence electrons. The topological polar surface area (TPSA) is 53.1 Å². The molecule has 1 atom stereocenters. The molecule has 1 aliphatic carbocycles. The summed E-state index contributed by atoms with van der Waals surface area (Å²) in [5.41, 5.74) is 8.72. The number of rotatable bonds is 3. The number of imidazole rings is 1. The van der Waals surface area contributed by atoms with Gasteiger partial charge in [0, 0.05) is 13.1 Å². The van der Waals surface area contributed by atoms with Gasteiger partial charge in [-0.15, -0.1) is 0 Å². The lowest BCUT2D eigenvalue weighted by Crippen LogP contribution is -2.17. The van der Waals surface area contributed by atoms with Gasteiger partial charge >= 0.3 is 0 Å². The molecular weight excluding hydrogens is 274 g/mol. The maximum Gasteiger partial charge on any atom is 0.147 e. The smallest absolute Gasteiger partial charge is 0.147 e. The summed E-state index contributed by atoms with van der Waals surface area (Å²) in [5, 5.41) is 0.607. The number of fused-ring (bicyclic) bond motifs is 1. The van der Waals surface area contributed by atoms with Gasteiger partial charge in [0.2, 0.25) is 0 Å². The fourth-order valence-corrected chi connectivity index (χ4v) is 2.76. The van der Waals surface area contributed by atoms with Crippen LogP contribution in [0.2, 0.25) is 5.15 Å². The van der Waals surface area contributed by atoms with Crippen molar-refractivity contribution in [2.45, 2.75) is 31.9 Å². The zero-order chi connectivity index (χ0) is 14.1. The first-order chi connectivity index (χ1) is 9.65. The van der Waals surface area contributed by atoms with Gasteiger partial charge < -0.3 is 15.0 Å². The molecule has 0 saturated carbocycles. The van der Waals surface area contributed by atoms with Crippen molar-refractivity contribution >= 4 is 11.6 Å². The number of hydrogen-bond acceptors (Lipinski definition) is 3. The first-order valence-corrected chi connectivity index (χ1v) is 7.20. The van der Waals surface area contributed by atoms with Crippen molar-refractivity contribution in [2.75, 3.05) is 0 Å². The van der Waals surface area contributed by atoms with E-state index < -0.39 is 0 Å². The summed E-state index contributed by atoms with van der Waals surface area (Å²) in [6, 6.07) is 6.31. The van der Waals surface area contributed by atoms with Crippen molar-refractivity contribution < 1.29 is 4.74 Å². The fraction of sp³-hybridized carbons (Fsp3) is 0.400. The molecule has 20 heavy (non-hydrogen) atoms. The molecule has 2 aromatic rings. The molecule has 3 rings (SSSR count). The van der Waals surface area contributed by atoms with E-state index in [-0.39, 0.29) is 6.04 Å². The number of nitrogens with zero attached hydrogens (tertiary/aromatic N) is 2. The predicted molar refractivity (Wildman–Crippen MR) is 78.9 cm³/mol. The van der Waals surface area contributed by atoms with Crippen LogP contribution in [-0.2, 0) is 20.1 Å². The van der Waals surface area contributed by atoms with Crippen molar-refractivity contribution in [3.63, 3.8) is 0 Å². The van der Waals surface area contributed by atoms with Crippen LogP contribution in [0.3, 0.4) is 0 Å². The number of halogens is 1. The number of aryl methyl sites for hydroxylation is 1. The van der Waals surface area contributed by atoms with Crippen LogP contribution in [-0.4, -0.2) is 9.55 Å². The molecule has 0 fully saturated rings. The highest BCUT2D eigenvalue weighted by molar-refractivity contribution is 6.29. The molecule has 4 nitrogen and oxygen atoms in total. The molecule has 0 unspecified atom stereocenters. The van der Waals surface area contributed by atoms with E-state index in [2.05, 4.69) is 17.1 Å². The quantitative estimate of drug-likeness (QED) is 0.946. The monoisotopic (exact) mass is 291 g/mol. The molecule has 2 N–H and O–H groups in total. The van der Waals surface area contributed by atoms with Gasteiger partial charge in [-0.3, -0.25) is 0 Å². The van der Waals surface area contributed by atoms with Gasteiger partial charge in [-0.25, -0.2) is 4.98 Å². The van der Waals surface area contributed by atoms with E-state index in [1.807, 2.05) is 17.7 Å². The number of hydrogen-bond donors (Lipinski definition) is 1. The second kappa shape index (κ2) is 5.46.